The van der Waals surface area contributed by atoms with Crippen LogP contribution in [0.5, 0.6) is 0 Å². The van der Waals surface area contributed by atoms with E-state index in [1.807, 2.05) is 0 Å². The van der Waals surface area contributed by atoms with Gasteiger partial charge in [0, 0.05) is 16.3 Å². The number of carboxylic acids is 1. The summed E-state index contributed by atoms with van der Waals surface area (Å²) < 4.78 is 13.9. The second kappa shape index (κ2) is 5.51. The Morgan fingerprint density at radius 3 is 2.55 bits per heavy atom. The Balaban J connectivity index is 2.46. The number of aliphatic carboxylic acids is 1. The van der Waals surface area contributed by atoms with E-state index in [-0.39, 0.29) is 5.56 Å². The van der Waals surface area contributed by atoms with Gasteiger partial charge in [0.05, 0.1) is 0 Å². The smallest absolute Gasteiger partial charge is 0.333 e. The van der Waals surface area contributed by atoms with Gasteiger partial charge >= 0.3 is 5.97 Å². The molecule has 1 atom stereocenters. The van der Waals surface area contributed by atoms with Gasteiger partial charge < -0.3 is 10.4 Å². The molecule has 2 N–H and O–H groups in total. The highest BCUT2D eigenvalue weighted by molar-refractivity contribution is 6.30. The van der Waals surface area contributed by atoms with Gasteiger partial charge in [0.25, 0.3) is 0 Å². The largest absolute Gasteiger partial charge is 0.479 e. The molecule has 5 heteroatoms. The van der Waals surface area contributed by atoms with Crippen LogP contribution in [0.4, 0.5) is 10.1 Å². The van der Waals surface area contributed by atoms with Crippen LogP contribution in [-0.4, -0.2) is 11.1 Å². The first-order valence-electron chi connectivity index (χ1n) is 5.95. The molecule has 0 radical (unpaired) electrons. The summed E-state index contributed by atoms with van der Waals surface area (Å²) in [5.74, 6) is -1.76. The number of halogens is 2. The molecule has 0 aliphatic rings. The van der Waals surface area contributed by atoms with Crippen LogP contribution in [0.15, 0.2) is 48.5 Å². The summed E-state index contributed by atoms with van der Waals surface area (Å²) in [6.45, 7) is 1.41. The van der Waals surface area contributed by atoms with Crippen molar-refractivity contribution in [3.8, 4) is 0 Å². The SMILES string of the molecule is CC(Nc1cccc(Cl)c1)(C(=O)O)c1ccccc1F. The van der Waals surface area contributed by atoms with Crippen molar-refractivity contribution in [2.45, 2.75) is 12.5 Å². The Kier molecular flexibility index (Phi) is 3.95. The molecule has 1 unspecified atom stereocenters. The first-order valence-corrected chi connectivity index (χ1v) is 6.33. The Bertz CT molecular complexity index is 647. The van der Waals surface area contributed by atoms with E-state index in [0.29, 0.717) is 10.7 Å². The molecule has 0 aliphatic carbocycles. The number of nitrogens with one attached hydrogen (secondary N) is 1. The summed E-state index contributed by atoms with van der Waals surface area (Å²) in [4.78, 5) is 11.6. The van der Waals surface area contributed by atoms with Crippen molar-refractivity contribution < 1.29 is 14.3 Å². The number of carbonyl (C=O) groups is 1. The molecule has 0 amide bonds. The summed E-state index contributed by atoms with van der Waals surface area (Å²) >= 11 is 5.87. The van der Waals surface area contributed by atoms with E-state index in [1.165, 1.54) is 25.1 Å². The van der Waals surface area contributed by atoms with E-state index in [2.05, 4.69) is 5.32 Å². The third kappa shape index (κ3) is 2.75. The van der Waals surface area contributed by atoms with E-state index in [9.17, 15) is 14.3 Å². The zero-order valence-electron chi connectivity index (χ0n) is 10.7. The Hall–Kier alpha value is -2.07. The predicted molar refractivity (Wildman–Crippen MR) is 76.5 cm³/mol. The number of carboxylic acid groups (broad SMARTS) is 1. The van der Waals surface area contributed by atoms with Crippen LogP contribution in [0.2, 0.25) is 5.02 Å². The Morgan fingerprint density at radius 2 is 1.95 bits per heavy atom. The quantitative estimate of drug-likeness (QED) is 0.899. The highest BCUT2D eigenvalue weighted by Crippen LogP contribution is 2.29. The molecule has 0 heterocycles. The molecular weight excluding hydrogens is 281 g/mol. The number of rotatable bonds is 4. The third-order valence-corrected chi connectivity index (χ3v) is 3.29. The van der Waals surface area contributed by atoms with Crippen molar-refractivity contribution in [2.24, 2.45) is 0 Å². The molecule has 3 nitrogen and oxygen atoms in total. The second-order valence-electron chi connectivity index (χ2n) is 4.55. The minimum Gasteiger partial charge on any atom is -0.479 e. The van der Waals surface area contributed by atoms with E-state index >= 15 is 0 Å². The fourth-order valence-corrected chi connectivity index (χ4v) is 2.15. The Labute approximate surface area is 121 Å². The van der Waals surface area contributed by atoms with Crippen LogP contribution in [-0.2, 0) is 10.3 Å². The molecule has 2 rings (SSSR count). The first-order chi connectivity index (χ1) is 9.43. The average molecular weight is 294 g/mol. The van der Waals surface area contributed by atoms with Crippen molar-refractivity contribution >= 4 is 23.3 Å². The van der Waals surface area contributed by atoms with Gasteiger partial charge in [0.15, 0.2) is 5.54 Å². The fourth-order valence-electron chi connectivity index (χ4n) is 1.96. The molecule has 0 aromatic heterocycles. The lowest BCUT2D eigenvalue weighted by molar-refractivity contribution is -0.142. The summed E-state index contributed by atoms with van der Waals surface area (Å²) in [6, 6.07) is 12.4. The fraction of sp³-hybridized carbons (Fsp3) is 0.133. The van der Waals surface area contributed by atoms with Crippen molar-refractivity contribution in [1.29, 1.82) is 0 Å². The molecule has 104 valence electrons. The molecular formula is C15H13ClFNO2. The number of hydrogen-bond donors (Lipinski definition) is 2. The van der Waals surface area contributed by atoms with Crippen molar-refractivity contribution in [3.63, 3.8) is 0 Å². The van der Waals surface area contributed by atoms with Crippen LogP contribution in [0.25, 0.3) is 0 Å². The highest BCUT2D eigenvalue weighted by atomic mass is 35.5. The molecule has 0 bridgehead atoms. The zero-order valence-corrected chi connectivity index (χ0v) is 11.5. The first kappa shape index (κ1) is 14.3. The second-order valence-corrected chi connectivity index (χ2v) is 4.98. The zero-order chi connectivity index (χ0) is 14.8. The lowest BCUT2D eigenvalue weighted by Crippen LogP contribution is -2.41. The van der Waals surface area contributed by atoms with Gasteiger partial charge in [-0.15, -0.1) is 0 Å². The molecule has 0 fully saturated rings. The van der Waals surface area contributed by atoms with Crippen LogP contribution >= 0.6 is 11.6 Å². The van der Waals surface area contributed by atoms with Gasteiger partial charge in [-0.2, -0.15) is 0 Å². The van der Waals surface area contributed by atoms with Crippen molar-refractivity contribution in [3.05, 3.63) is 64.9 Å². The molecule has 0 spiro atoms. The minimum absolute atomic E-state index is 0.0625. The molecule has 0 aliphatic heterocycles. The van der Waals surface area contributed by atoms with Crippen molar-refractivity contribution in [2.75, 3.05) is 5.32 Å². The summed E-state index contributed by atoms with van der Waals surface area (Å²) in [5, 5.41) is 12.8. The van der Waals surface area contributed by atoms with Crippen LogP contribution in [0, 0.1) is 5.82 Å². The monoisotopic (exact) mass is 293 g/mol. The summed E-state index contributed by atoms with van der Waals surface area (Å²) in [7, 11) is 0. The molecule has 0 saturated heterocycles. The summed E-state index contributed by atoms with van der Waals surface area (Å²) in [5.41, 5.74) is -1.02. The maximum atomic E-state index is 13.9. The van der Waals surface area contributed by atoms with E-state index in [4.69, 9.17) is 11.6 Å². The average Bonchev–Trinajstić information content (AvgIpc) is 2.38. The van der Waals surface area contributed by atoms with E-state index < -0.39 is 17.3 Å². The molecule has 2 aromatic carbocycles. The van der Waals surface area contributed by atoms with Gasteiger partial charge in [-0.05, 0) is 31.2 Å². The molecule has 0 saturated carbocycles. The lowest BCUT2D eigenvalue weighted by atomic mass is 9.91. The molecule has 20 heavy (non-hydrogen) atoms. The number of hydrogen-bond acceptors (Lipinski definition) is 2. The molecule has 2 aromatic rings. The third-order valence-electron chi connectivity index (χ3n) is 3.06. The number of anilines is 1. The number of benzene rings is 2. The maximum Gasteiger partial charge on any atom is 0.333 e. The van der Waals surface area contributed by atoms with Gasteiger partial charge in [0.1, 0.15) is 5.82 Å². The van der Waals surface area contributed by atoms with Crippen LogP contribution < -0.4 is 5.32 Å². The topological polar surface area (TPSA) is 49.3 Å². The standard InChI is InChI=1S/C15H13ClFNO2/c1-15(14(19)20,12-7-2-3-8-13(12)17)18-11-6-4-5-10(16)9-11/h2-9,18H,1H3,(H,19,20). The van der Waals surface area contributed by atoms with E-state index in [1.54, 1.807) is 30.3 Å². The highest BCUT2D eigenvalue weighted by Gasteiger charge is 2.37. The lowest BCUT2D eigenvalue weighted by Gasteiger charge is -2.28. The normalized spacial score (nSPS) is 13.6. The van der Waals surface area contributed by atoms with E-state index in [0.717, 1.165) is 0 Å². The van der Waals surface area contributed by atoms with Crippen molar-refractivity contribution in [1.82, 2.24) is 0 Å². The Morgan fingerprint density at radius 1 is 1.25 bits per heavy atom. The van der Waals surface area contributed by atoms with Gasteiger partial charge in [0.2, 0.25) is 0 Å². The van der Waals surface area contributed by atoms with Gasteiger partial charge in [-0.3, -0.25) is 0 Å². The van der Waals surface area contributed by atoms with Gasteiger partial charge in [-0.25, -0.2) is 9.18 Å². The predicted octanol–water partition coefficient (Wildman–Crippen LogP) is 3.89. The minimum atomic E-state index is -1.59. The van der Waals surface area contributed by atoms with Gasteiger partial charge in [-0.1, -0.05) is 35.9 Å². The summed E-state index contributed by atoms with van der Waals surface area (Å²) in [6.07, 6.45) is 0. The van der Waals surface area contributed by atoms with Crippen LogP contribution in [0.3, 0.4) is 0 Å². The maximum absolute atomic E-state index is 13.9. The van der Waals surface area contributed by atoms with Crippen LogP contribution in [0.1, 0.15) is 12.5 Å².